The molecule has 0 aliphatic carbocycles. The van der Waals surface area contributed by atoms with Gasteiger partial charge in [-0.3, -0.25) is 9.59 Å². The van der Waals surface area contributed by atoms with Crippen molar-refractivity contribution in [1.82, 2.24) is 4.57 Å². The molecular formula is C24H19FN2O3. The Labute approximate surface area is 172 Å². The molecule has 1 aromatic heterocycles. The predicted octanol–water partition coefficient (Wildman–Crippen LogP) is 4.61. The highest BCUT2D eigenvalue weighted by atomic mass is 19.1. The molecule has 4 rings (SSSR count). The van der Waals surface area contributed by atoms with Gasteiger partial charge in [-0.05, 0) is 36.4 Å². The molecule has 150 valence electrons. The van der Waals surface area contributed by atoms with Crippen molar-refractivity contribution in [2.24, 2.45) is 7.05 Å². The van der Waals surface area contributed by atoms with Crippen molar-refractivity contribution < 1.29 is 13.9 Å². The average molecular weight is 402 g/mol. The maximum Gasteiger partial charge on any atom is 0.256 e. The summed E-state index contributed by atoms with van der Waals surface area (Å²) in [7, 11) is 3.24. The molecule has 30 heavy (non-hydrogen) atoms. The molecule has 3 aromatic carbocycles. The number of ether oxygens (including phenoxy) is 1. The van der Waals surface area contributed by atoms with Crippen LogP contribution in [0.2, 0.25) is 0 Å². The molecule has 5 nitrogen and oxygen atoms in total. The fourth-order valence-corrected chi connectivity index (χ4v) is 3.49. The van der Waals surface area contributed by atoms with E-state index >= 15 is 0 Å². The van der Waals surface area contributed by atoms with E-state index in [1.807, 2.05) is 0 Å². The smallest absolute Gasteiger partial charge is 0.256 e. The number of nitrogens with zero attached hydrogens (tertiary/aromatic N) is 1. The Morgan fingerprint density at radius 3 is 2.50 bits per heavy atom. The number of carbonyl (C=O) groups is 1. The van der Waals surface area contributed by atoms with E-state index in [2.05, 4.69) is 5.32 Å². The highest BCUT2D eigenvalue weighted by Gasteiger charge is 2.21. The number of fused-ring (bicyclic) bond motifs is 1. The molecule has 0 saturated heterocycles. The van der Waals surface area contributed by atoms with Crippen LogP contribution in [0.3, 0.4) is 0 Å². The third-order valence-electron chi connectivity index (χ3n) is 5.02. The zero-order valence-electron chi connectivity index (χ0n) is 16.5. The Balaban J connectivity index is 1.95. The number of anilines is 1. The average Bonchev–Trinajstić information content (AvgIpc) is 2.78. The quantitative estimate of drug-likeness (QED) is 0.543. The number of nitrogens with one attached hydrogen (secondary N) is 1. The number of halogens is 1. The van der Waals surface area contributed by atoms with Crippen molar-refractivity contribution >= 4 is 22.6 Å². The van der Waals surface area contributed by atoms with E-state index in [0.29, 0.717) is 22.2 Å². The summed E-state index contributed by atoms with van der Waals surface area (Å²) in [4.78, 5) is 26.3. The lowest BCUT2D eigenvalue weighted by molar-refractivity contribution is 0.102. The van der Waals surface area contributed by atoms with Gasteiger partial charge in [0, 0.05) is 23.6 Å². The van der Waals surface area contributed by atoms with Crippen LogP contribution in [0.1, 0.15) is 10.4 Å². The summed E-state index contributed by atoms with van der Waals surface area (Å²) in [5.41, 5.74) is 0.864. The molecule has 6 heteroatoms. The molecule has 1 heterocycles. The van der Waals surface area contributed by atoms with Crippen LogP contribution in [0.5, 0.6) is 5.75 Å². The number of para-hydroxylation sites is 1. The lowest BCUT2D eigenvalue weighted by Gasteiger charge is -2.18. The molecule has 0 saturated carbocycles. The number of benzene rings is 3. The SMILES string of the molecule is COc1cccc(C(=O)Nc2c(-c3ccccc3F)c(=O)c3ccccc3n2C)c1. The summed E-state index contributed by atoms with van der Waals surface area (Å²) in [6, 6.07) is 19.7. The van der Waals surface area contributed by atoms with Crippen LogP contribution in [0, 0.1) is 5.82 Å². The Bertz CT molecular complexity index is 1330. The monoisotopic (exact) mass is 402 g/mol. The van der Waals surface area contributed by atoms with Crippen LogP contribution >= 0.6 is 0 Å². The van der Waals surface area contributed by atoms with Gasteiger partial charge in [-0.25, -0.2) is 4.39 Å². The van der Waals surface area contributed by atoms with Gasteiger partial charge in [-0.1, -0.05) is 36.4 Å². The number of methoxy groups -OCH3 is 1. The normalized spacial score (nSPS) is 10.8. The number of hydrogen-bond acceptors (Lipinski definition) is 3. The van der Waals surface area contributed by atoms with Crippen LogP contribution < -0.4 is 15.5 Å². The summed E-state index contributed by atoms with van der Waals surface area (Å²) in [6.07, 6.45) is 0. The van der Waals surface area contributed by atoms with Crippen LogP contribution in [0.15, 0.2) is 77.6 Å². The second kappa shape index (κ2) is 7.83. The maximum absolute atomic E-state index is 14.6. The fourth-order valence-electron chi connectivity index (χ4n) is 3.49. The van der Waals surface area contributed by atoms with E-state index in [1.165, 1.54) is 19.2 Å². The van der Waals surface area contributed by atoms with E-state index in [-0.39, 0.29) is 22.4 Å². The Hall–Kier alpha value is -3.93. The highest BCUT2D eigenvalue weighted by molar-refractivity contribution is 6.07. The predicted molar refractivity (Wildman–Crippen MR) is 116 cm³/mol. The number of carbonyl (C=O) groups excluding carboxylic acids is 1. The lowest BCUT2D eigenvalue weighted by atomic mass is 10.0. The first kappa shape index (κ1) is 19.4. The third-order valence-corrected chi connectivity index (χ3v) is 5.02. The summed E-state index contributed by atoms with van der Waals surface area (Å²) in [6.45, 7) is 0. The van der Waals surface area contributed by atoms with Crippen LogP contribution in [-0.4, -0.2) is 17.6 Å². The van der Waals surface area contributed by atoms with Crippen LogP contribution in [-0.2, 0) is 7.05 Å². The molecule has 0 spiro atoms. The molecule has 1 N–H and O–H groups in total. The van der Waals surface area contributed by atoms with Crippen molar-refractivity contribution in [1.29, 1.82) is 0 Å². The van der Waals surface area contributed by atoms with Gasteiger partial charge < -0.3 is 14.6 Å². The highest BCUT2D eigenvalue weighted by Crippen LogP contribution is 2.30. The lowest BCUT2D eigenvalue weighted by Crippen LogP contribution is -2.21. The number of aromatic nitrogens is 1. The van der Waals surface area contributed by atoms with Gasteiger partial charge in [0.1, 0.15) is 17.4 Å². The molecular weight excluding hydrogens is 383 g/mol. The van der Waals surface area contributed by atoms with Crippen molar-refractivity contribution in [3.05, 3.63) is 94.4 Å². The summed E-state index contributed by atoms with van der Waals surface area (Å²) >= 11 is 0. The minimum atomic E-state index is -0.540. The zero-order chi connectivity index (χ0) is 21.3. The second-order valence-corrected chi connectivity index (χ2v) is 6.79. The maximum atomic E-state index is 14.6. The number of hydrogen-bond donors (Lipinski definition) is 1. The van der Waals surface area contributed by atoms with Crippen molar-refractivity contribution in [3.8, 4) is 16.9 Å². The standard InChI is InChI=1S/C24H19FN2O3/c1-27-20-13-6-4-11-18(20)22(28)21(17-10-3-5-12-19(17)25)23(27)26-24(29)15-8-7-9-16(14-15)30-2/h3-14H,1-2H3,(H,26,29). The Morgan fingerprint density at radius 2 is 1.73 bits per heavy atom. The number of rotatable bonds is 4. The minimum Gasteiger partial charge on any atom is -0.497 e. The van der Waals surface area contributed by atoms with Gasteiger partial charge >= 0.3 is 0 Å². The van der Waals surface area contributed by atoms with Crippen molar-refractivity contribution in [2.45, 2.75) is 0 Å². The summed E-state index contributed by atoms with van der Waals surface area (Å²) in [5.74, 6) is -0.223. The molecule has 0 unspecified atom stereocenters. The third kappa shape index (κ3) is 3.33. The summed E-state index contributed by atoms with van der Waals surface area (Å²) in [5, 5.41) is 3.25. The summed E-state index contributed by atoms with van der Waals surface area (Å²) < 4.78 is 21.5. The topological polar surface area (TPSA) is 60.3 Å². The van der Waals surface area contributed by atoms with Gasteiger partial charge in [-0.15, -0.1) is 0 Å². The van der Waals surface area contributed by atoms with E-state index in [1.54, 1.807) is 72.3 Å². The second-order valence-electron chi connectivity index (χ2n) is 6.79. The molecule has 0 aliphatic heterocycles. The fraction of sp³-hybridized carbons (Fsp3) is 0.0833. The molecule has 1 amide bonds. The molecule has 0 fully saturated rings. The Kier molecular flexibility index (Phi) is 5.06. The molecule has 4 aromatic rings. The number of aryl methyl sites for hydroxylation is 1. The van der Waals surface area contributed by atoms with Gasteiger partial charge in [0.2, 0.25) is 0 Å². The van der Waals surface area contributed by atoms with Gasteiger partial charge in [0.25, 0.3) is 5.91 Å². The molecule has 0 radical (unpaired) electrons. The van der Waals surface area contributed by atoms with E-state index in [9.17, 15) is 14.0 Å². The van der Waals surface area contributed by atoms with Crippen LogP contribution in [0.4, 0.5) is 10.2 Å². The van der Waals surface area contributed by atoms with E-state index < -0.39 is 11.7 Å². The number of pyridine rings is 1. The Morgan fingerprint density at radius 1 is 1.00 bits per heavy atom. The van der Waals surface area contributed by atoms with Crippen molar-refractivity contribution in [3.63, 3.8) is 0 Å². The van der Waals surface area contributed by atoms with Crippen LogP contribution in [0.25, 0.3) is 22.0 Å². The first-order valence-electron chi connectivity index (χ1n) is 9.33. The van der Waals surface area contributed by atoms with Gasteiger partial charge in [0.15, 0.2) is 5.43 Å². The molecule has 0 bridgehead atoms. The number of amides is 1. The van der Waals surface area contributed by atoms with Gasteiger partial charge in [0.05, 0.1) is 18.2 Å². The first-order chi connectivity index (χ1) is 14.5. The minimum absolute atomic E-state index is 0.102. The van der Waals surface area contributed by atoms with E-state index in [4.69, 9.17) is 4.74 Å². The zero-order valence-corrected chi connectivity index (χ0v) is 16.5. The largest absolute Gasteiger partial charge is 0.497 e. The van der Waals surface area contributed by atoms with Crippen molar-refractivity contribution in [2.75, 3.05) is 12.4 Å². The first-order valence-corrected chi connectivity index (χ1v) is 9.33. The molecule has 0 aliphatic rings. The molecule has 0 atom stereocenters. The van der Waals surface area contributed by atoms with Gasteiger partial charge in [-0.2, -0.15) is 0 Å². The van der Waals surface area contributed by atoms with E-state index in [0.717, 1.165) is 0 Å².